The number of carbonyl (C=O) groups excluding carboxylic acids is 1. The molecule has 0 aliphatic heterocycles. The quantitative estimate of drug-likeness (QED) is 0.789. The van der Waals surface area contributed by atoms with Gasteiger partial charge in [0.2, 0.25) is 0 Å². The first-order valence-corrected chi connectivity index (χ1v) is 6.57. The molecule has 0 aromatic heterocycles. The summed E-state index contributed by atoms with van der Waals surface area (Å²) in [6, 6.07) is 8.16. The van der Waals surface area contributed by atoms with Gasteiger partial charge in [-0.25, -0.2) is 8.78 Å². The highest BCUT2D eigenvalue weighted by molar-refractivity contribution is 14.1. The van der Waals surface area contributed by atoms with E-state index in [4.69, 9.17) is 0 Å². The van der Waals surface area contributed by atoms with Crippen molar-refractivity contribution in [2.75, 3.05) is 5.32 Å². The zero-order valence-electron chi connectivity index (χ0n) is 10.0. The fourth-order valence-electron chi connectivity index (χ4n) is 1.68. The minimum atomic E-state index is -0.413. The van der Waals surface area contributed by atoms with E-state index < -0.39 is 17.5 Å². The van der Waals surface area contributed by atoms with E-state index in [1.807, 2.05) is 22.6 Å². The Labute approximate surface area is 123 Å². The van der Waals surface area contributed by atoms with E-state index in [0.717, 1.165) is 0 Å². The predicted molar refractivity (Wildman–Crippen MR) is 78.2 cm³/mol. The Morgan fingerprint density at radius 2 is 1.84 bits per heavy atom. The number of halogens is 3. The number of amides is 1. The SMILES string of the molecule is Cc1cc(F)cc(NC(=O)c2ccc(F)cc2I)c1. The Kier molecular flexibility index (Phi) is 4.14. The number of nitrogens with one attached hydrogen (secondary N) is 1. The minimum Gasteiger partial charge on any atom is -0.322 e. The highest BCUT2D eigenvalue weighted by atomic mass is 127. The normalized spacial score (nSPS) is 10.3. The smallest absolute Gasteiger partial charge is 0.256 e. The van der Waals surface area contributed by atoms with Crippen molar-refractivity contribution in [3.63, 3.8) is 0 Å². The van der Waals surface area contributed by atoms with Crippen LogP contribution < -0.4 is 5.32 Å². The Morgan fingerprint density at radius 3 is 2.47 bits per heavy atom. The number of aryl methyl sites for hydroxylation is 1. The number of anilines is 1. The standard InChI is InChI=1S/C14H10F2INO/c1-8-4-10(16)6-11(5-8)18-14(19)12-3-2-9(15)7-13(12)17/h2-7H,1H3,(H,18,19). The molecule has 2 aromatic carbocycles. The number of hydrogen-bond acceptors (Lipinski definition) is 1. The van der Waals surface area contributed by atoms with Crippen molar-refractivity contribution in [1.29, 1.82) is 0 Å². The highest BCUT2D eigenvalue weighted by Gasteiger charge is 2.11. The summed E-state index contributed by atoms with van der Waals surface area (Å²) in [6.07, 6.45) is 0. The van der Waals surface area contributed by atoms with Crippen LogP contribution in [-0.4, -0.2) is 5.91 Å². The van der Waals surface area contributed by atoms with Gasteiger partial charge in [0.1, 0.15) is 11.6 Å². The zero-order chi connectivity index (χ0) is 14.0. The molecule has 1 N–H and O–H groups in total. The lowest BCUT2D eigenvalue weighted by Gasteiger charge is -2.08. The van der Waals surface area contributed by atoms with Crippen molar-refractivity contribution in [2.45, 2.75) is 6.92 Å². The fourth-order valence-corrected chi connectivity index (χ4v) is 2.40. The fraction of sp³-hybridized carbons (Fsp3) is 0.0714. The topological polar surface area (TPSA) is 29.1 Å². The third-order valence-electron chi connectivity index (χ3n) is 2.48. The highest BCUT2D eigenvalue weighted by Crippen LogP contribution is 2.18. The molecule has 0 atom stereocenters. The van der Waals surface area contributed by atoms with E-state index in [1.54, 1.807) is 13.0 Å². The van der Waals surface area contributed by atoms with Gasteiger partial charge in [0.15, 0.2) is 0 Å². The monoisotopic (exact) mass is 373 g/mol. The van der Waals surface area contributed by atoms with Crippen LogP contribution in [0.5, 0.6) is 0 Å². The van der Waals surface area contributed by atoms with Crippen LogP contribution in [0.15, 0.2) is 36.4 Å². The molecule has 0 bridgehead atoms. The molecule has 19 heavy (non-hydrogen) atoms. The molecular weight excluding hydrogens is 363 g/mol. The summed E-state index contributed by atoms with van der Waals surface area (Å²) in [5.74, 6) is -1.21. The molecule has 0 saturated heterocycles. The van der Waals surface area contributed by atoms with E-state index in [1.165, 1.54) is 30.3 Å². The van der Waals surface area contributed by atoms with Gasteiger partial charge in [-0.05, 0) is 71.5 Å². The summed E-state index contributed by atoms with van der Waals surface area (Å²) >= 11 is 1.88. The van der Waals surface area contributed by atoms with Gasteiger partial charge in [0, 0.05) is 9.26 Å². The van der Waals surface area contributed by atoms with Gasteiger partial charge in [-0.2, -0.15) is 0 Å². The van der Waals surface area contributed by atoms with Gasteiger partial charge in [-0.1, -0.05) is 0 Å². The molecule has 5 heteroatoms. The van der Waals surface area contributed by atoms with Crippen LogP contribution in [-0.2, 0) is 0 Å². The van der Waals surface area contributed by atoms with E-state index in [9.17, 15) is 13.6 Å². The van der Waals surface area contributed by atoms with Crippen molar-refractivity contribution in [1.82, 2.24) is 0 Å². The summed E-state index contributed by atoms with van der Waals surface area (Å²) in [4.78, 5) is 12.0. The first-order valence-electron chi connectivity index (χ1n) is 5.49. The van der Waals surface area contributed by atoms with Gasteiger partial charge < -0.3 is 5.32 Å². The third-order valence-corrected chi connectivity index (χ3v) is 3.37. The van der Waals surface area contributed by atoms with Crippen LogP contribution in [0, 0.1) is 22.1 Å². The van der Waals surface area contributed by atoms with Gasteiger partial charge in [0.05, 0.1) is 5.56 Å². The molecule has 98 valence electrons. The average molecular weight is 373 g/mol. The Bertz CT molecular complexity index is 623. The maximum atomic E-state index is 13.2. The number of rotatable bonds is 2. The predicted octanol–water partition coefficient (Wildman–Crippen LogP) is 4.13. The maximum absolute atomic E-state index is 13.2. The first kappa shape index (κ1) is 13.9. The molecule has 1 amide bonds. The first-order chi connectivity index (χ1) is 8.95. The second kappa shape index (κ2) is 5.64. The van der Waals surface area contributed by atoms with Gasteiger partial charge in [-0.15, -0.1) is 0 Å². The van der Waals surface area contributed by atoms with Gasteiger partial charge >= 0.3 is 0 Å². The van der Waals surface area contributed by atoms with Gasteiger partial charge in [0.25, 0.3) is 5.91 Å². The van der Waals surface area contributed by atoms with Gasteiger partial charge in [-0.3, -0.25) is 4.79 Å². The Balaban J connectivity index is 2.25. The molecule has 0 aliphatic carbocycles. The number of carbonyl (C=O) groups is 1. The second-order valence-corrected chi connectivity index (χ2v) is 5.26. The van der Waals surface area contributed by atoms with Crippen LogP contribution in [0.1, 0.15) is 15.9 Å². The van der Waals surface area contributed by atoms with Crippen LogP contribution in [0.2, 0.25) is 0 Å². The van der Waals surface area contributed by atoms with Crippen molar-refractivity contribution in [3.8, 4) is 0 Å². The maximum Gasteiger partial charge on any atom is 0.256 e. The molecule has 0 unspecified atom stereocenters. The lowest BCUT2D eigenvalue weighted by Crippen LogP contribution is -2.13. The lowest BCUT2D eigenvalue weighted by molar-refractivity contribution is 0.102. The summed E-state index contributed by atoms with van der Waals surface area (Å²) in [6.45, 7) is 1.74. The number of hydrogen-bond donors (Lipinski definition) is 1. The minimum absolute atomic E-state index is 0.351. The molecule has 0 spiro atoms. The molecule has 2 aromatic rings. The van der Waals surface area contributed by atoms with Crippen LogP contribution in [0.3, 0.4) is 0 Å². The van der Waals surface area contributed by atoms with Crippen LogP contribution in [0.4, 0.5) is 14.5 Å². The lowest BCUT2D eigenvalue weighted by atomic mass is 10.2. The van der Waals surface area contributed by atoms with Crippen LogP contribution in [0.25, 0.3) is 0 Å². The average Bonchev–Trinajstić information content (AvgIpc) is 2.26. The van der Waals surface area contributed by atoms with Crippen LogP contribution >= 0.6 is 22.6 Å². The van der Waals surface area contributed by atoms with E-state index in [0.29, 0.717) is 20.4 Å². The van der Waals surface area contributed by atoms with Crippen molar-refractivity contribution < 1.29 is 13.6 Å². The summed E-state index contributed by atoms with van der Waals surface area (Å²) in [5.41, 5.74) is 1.44. The van der Waals surface area contributed by atoms with Crippen molar-refractivity contribution in [2.24, 2.45) is 0 Å². The van der Waals surface area contributed by atoms with Crippen molar-refractivity contribution >= 4 is 34.2 Å². The molecule has 0 radical (unpaired) electrons. The largest absolute Gasteiger partial charge is 0.322 e. The van der Waals surface area contributed by atoms with E-state index in [2.05, 4.69) is 5.32 Å². The Hall–Kier alpha value is -1.50. The van der Waals surface area contributed by atoms with E-state index >= 15 is 0 Å². The molecule has 2 rings (SSSR count). The molecule has 0 fully saturated rings. The molecule has 0 saturated carbocycles. The molecule has 0 aliphatic rings. The zero-order valence-corrected chi connectivity index (χ0v) is 12.2. The van der Waals surface area contributed by atoms with Crippen molar-refractivity contribution in [3.05, 3.63) is 62.7 Å². The Morgan fingerprint density at radius 1 is 1.11 bits per heavy atom. The molecule has 2 nitrogen and oxygen atoms in total. The second-order valence-electron chi connectivity index (χ2n) is 4.10. The molecular formula is C14H10F2INO. The third kappa shape index (κ3) is 3.50. The summed E-state index contributed by atoms with van der Waals surface area (Å²) in [7, 11) is 0. The number of benzene rings is 2. The summed E-state index contributed by atoms with van der Waals surface area (Å²) in [5, 5.41) is 2.59. The molecule has 0 heterocycles. The van der Waals surface area contributed by atoms with E-state index in [-0.39, 0.29) is 0 Å². The summed E-state index contributed by atoms with van der Waals surface area (Å²) < 4.78 is 26.7.